The van der Waals surface area contributed by atoms with Gasteiger partial charge in [0.05, 0.1) is 16.6 Å². The molecule has 1 aliphatic rings. The van der Waals surface area contributed by atoms with Crippen molar-refractivity contribution in [2.45, 2.75) is 12.5 Å². The van der Waals surface area contributed by atoms with E-state index in [0.29, 0.717) is 34.5 Å². The van der Waals surface area contributed by atoms with Gasteiger partial charge in [0, 0.05) is 23.0 Å². The number of amides is 2. The Labute approximate surface area is 213 Å². The molecule has 0 bridgehead atoms. The molecule has 1 aliphatic heterocycles. The molecule has 0 N–H and O–H groups in total. The van der Waals surface area contributed by atoms with E-state index in [1.54, 1.807) is 70.8 Å². The van der Waals surface area contributed by atoms with Crippen molar-refractivity contribution in [3.63, 3.8) is 0 Å². The van der Waals surface area contributed by atoms with Crippen LogP contribution in [0.5, 0.6) is 5.75 Å². The molecule has 3 aromatic rings. The summed E-state index contributed by atoms with van der Waals surface area (Å²) in [6.07, 6.45) is 2.38. The summed E-state index contributed by atoms with van der Waals surface area (Å²) in [6, 6.07) is 15.8. The van der Waals surface area contributed by atoms with E-state index in [0.717, 1.165) is 12.0 Å². The molecule has 5 nitrogen and oxygen atoms in total. The summed E-state index contributed by atoms with van der Waals surface area (Å²) >= 11 is 13.9. The van der Waals surface area contributed by atoms with Crippen LogP contribution < -0.4 is 4.74 Å². The van der Waals surface area contributed by atoms with Gasteiger partial charge in [-0.15, -0.1) is 17.9 Å². The lowest BCUT2D eigenvalue weighted by molar-refractivity contribution is -0.135. The van der Waals surface area contributed by atoms with Crippen LogP contribution in [0.4, 0.5) is 0 Å². The number of nitrogens with zero attached hydrogens (tertiary/aromatic N) is 2. The largest absolute Gasteiger partial charge is 0.491 e. The van der Waals surface area contributed by atoms with Crippen molar-refractivity contribution in [3.8, 4) is 5.75 Å². The van der Waals surface area contributed by atoms with Crippen LogP contribution in [0.25, 0.3) is 0 Å². The molecule has 34 heavy (non-hydrogen) atoms. The minimum absolute atomic E-state index is 0.0764. The van der Waals surface area contributed by atoms with Crippen LogP contribution >= 0.6 is 34.5 Å². The molecule has 2 amide bonds. The Bertz CT molecular complexity index is 1180. The second-order valence-electron chi connectivity index (χ2n) is 7.87. The van der Waals surface area contributed by atoms with Crippen LogP contribution in [-0.2, 0) is 11.2 Å². The van der Waals surface area contributed by atoms with E-state index in [4.69, 9.17) is 27.9 Å². The van der Waals surface area contributed by atoms with Crippen molar-refractivity contribution < 1.29 is 14.3 Å². The van der Waals surface area contributed by atoms with Crippen LogP contribution in [0.1, 0.15) is 26.8 Å². The fourth-order valence-electron chi connectivity index (χ4n) is 4.01. The molecule has 0 saturated carbocycles. The van der Waals surface area contributed by atoms with Crippen LogP contribution in [0, 0.1) is 0 Å². The Balaban J connectivity index is 1.53. The zero-order valence-corrected chi connectivity index (χ0v) is 20.8. The molecule has 8 heteroatoms. The third-order valence-electron chi connectivity index (χ3n) is 5.70. The Morgan fingerprint density at radius 3 is 2.65 bits per heavy atom. The fourth-order valence-corrected chi connectivity index (χ4v) is 5.29. The number of fused-ring (bicyclic) bond motifs is 1. The second-order valence-corrected chi connectivity index (χ2v) is 9.72. The van der Waals surface area contributed by atoms with E-state index in [-0.39, 0.29) is 30.9 Å². The van der Waals surface area contributed by atoms with Crippen LogP contribution in [0.15, 0.2) is 72.6 Å². The summed E-state index contributed by atoms with van der Waals surface area (Å²) in [6.45, 7) is 4.77. The Kier molecular flexibility index (Phi) is 7.93. The second kappa shape index (κ2) is 11.1. The maximum absolute atomic E-state index is 13.5. The number of thiophene rings is 1. The van der Waals surface area contributed by atoms with Crippen LogP contribution in [-0.4, -0.2) is 47.9 Å². The molecule has 0 fully saturated rings. The number of hydrogen-bond acceptors (Lipinski definition) is 4. The number of carbonyl (C=O) groups is 2. The predicted octanol–water partition coefficient (Wildman–Crippen LogP) is 5.89. The van der Waals surface area contributed by atoms with Gasteiger partial charge in [-0.05, 0) is 59.8 Å². The van der Waals surface area contributed by atoms with Crippen molar-refractivity contribution in [3.05, 3.63) is 98.7 Å². The SMILES string of the molecule is C=CCN(CC(=O)N1CCc2sccc2C1COc1ccc(Cl)cc1)C(=O)c1ccccc1Cl. The van der Waals surface area contributed by atoms with E-state index in [1.165, 1.54) is 9.78 Å². The monoisotopic (exact) mass is 514 g/mol. The molecule has 0 spiro atoms. The highest BCUT2D eigenvalue weighted by molar-refractivity contribution is 7.10. The van der Waals surface area contributed by atoms with Crippen molar-refractivity contribution in [1.82, 2.24) is 9.80 Å². The van der Waals surface area contributed by atoms with Crippen LogP contribution in [0.3, 0.4) is 0 Å². The summed E-state index contributed by atoms with van der Waals surface area (Å²) in [5.74, 6) is 0.228. The standard InChI is InChI=1S/C26H24Cl2N2O3S/c1-2-13-29(26(32)20-5-3-4-6-22(20)28)16-25(31)30-14-11-24-21(12-15-34-24)23(30)17-33-19-9-7-18(27)8-10-19/h2-10,12,15,23H,1,11,13-14,16-17H2. The summed E-state index contributed by atoms with van der Waals surface area (Å²) in [7, 11) is 0. The van der Waals surface area contributed by atoms with E-state index in [9.17, 15) is 9.59 Å². The zero-order valence-electron chi connectivity index (χ0n) is 18.5. The molecule has 4 rings (SSSR count). The molecular weight excluding hydrogens is 491 g/mol. The van der Waals surface area contributed by atoms with E-state index in [2.05, 4.69) is 6.58 Å². The lowest BCUT2D eigenvalue weighted by Crippen LogP contribution is -2.47. The number of halogens is 2. The average Bonchev–Trinajstić information content (AvgIpc) is 3.32. The molecule has 0 saturated heterocycles. The Hall–Kier alpha value is -2.80. The lowest BCUT2D eigenvalue weighted by Gasteiger charge is -2.37. The van der Waals surface area contributed by atoms with E-state index >= 15 is 0 Å². The highest BCUT2D eigenvalue weighted by Gasteiger charge is 2.33. The fraction of sp³-hybridized carbons (Fsp3) is 0.231. The first-order chi connectivity index (χ1) is 16.5. The molecule has 0 radical (unpaired) electrons. The minimum Gasteiger partial charge on any atom is -0.491 e. The molecule has 1 aromatic heterocycles. The van der Waals surface area contributed by atoms with Gasteiger partial charge >= 0.3 is 0 Å². The molecule has 2 aromatic carbocycles. The van der Waals surface area contributed by atoms with E-state index in [1.807, 2.05) is 11.4 Å². The van der Waals surface area contributed by atoms with Crippen molar-refractivity contribution in [2.24, 2.45) is 0 Å². The first-order valence-electron chi connectivity index (χ1n) is 10.9. The Morgan fingerprint density at radius 2 is 1.91 bits per heavy atom. The van der Waals surface area contributed by atoms with Gasteiger partial charge in [-0.1, -0.05) is 41.4 Å². The molecule has 1 unspecified atom stereocenters. The van der Waals surface area contributed by atoms with Gasteiger partial charge in [-0.25, -0.2) is 0 Å². The predicted molar refractivity (Wildman–Crippen MR) is 137 cm³/mol. The van der Waals surface area contributed by atoms with Gasteiger partial charge in [-0.3, -0.25) is 9.59 Å². The first-order valence-corrected chi connectivity index (χ1v) is 12.5. The number of hydrogen-bond donors (Lipinski definition) is 0. The maximum atomic E-state index is 13.5. The average molecular weight is 515 g/mol. The normalized spacial score (nSPS) is 14.9. The molecule has 176 valence electrons. The lowest BCUT2D eigenvalue weighted by atomic mass is 10.0. The van der Waals surface area contributed by atoms with Crippen LogP contribution in [0.2, 0.25) is 10.0 Å². The van der Waals surface area contributed by atoms with Gasteiger partial charge in [0.2, 0.25) is 5.91 Å². The van der Waals surface area contributed by atoms with Crippen molar-refractivity contribution >= 4 is 46.4 Å². The maximum Gasteiger partial charge on any atom is 0.256 e. The number of carbonyl (C=O) groups excluding carboxylic acids is 2. The van der Waals surface area contributed by atoms with E-state index < -0.39 is 0 Å². The molecular formula is C26H24Cl2N2O3S. The van der Waals surface area contributed by atoms with Gasteiger partial charge in [0.25, 0.3) is 5.91 Å². The molecule has 0 aliphatic carbocycles. The molecule has 2 heterocycles. The number of benzene rings is 2. The smallest absolute Gasteiger partial charge is 0.256 e. The Morgan fingerprint density at radius 1 is 1.15 bits per heavy atom. The number of rotatable bonds is 8. The quantitative estimate of drug-likeness (QED) is 0.352. The highest BCUT2D eigenvalue weighted by atomic mass is 35.5. The molecule has 1 atom stereocenters. The number of ether oxygens (including phenoxy) is 1. The van der Waals surface area contributed by atoms with Gasteiger partial charge in [-0.2, -0.15) is 0 Å². The highest BCUT2D eigenvalue weighted by Crippen LogP contribution is 2.34. The summed E-state index contributed by atoms with van der Waals surface area (Å²) in [5, 5.41) is 3.02. The minimum atomic E-state index is -0.305. The third-order valence-corrected chi connectivity index (χ3v) is 7.28. The van der Waals surface area contributed by atoms with Crippen molar-refractivity contribution in [1.29, 1.82) is 0 Å². The van der Waals surface area contributed by atoms with Gasteiger partial charge in [0.15, 0.2) is 0 Å². The first kappa shape index (κ1) is 24.3. The van der Waals surface area contributed by atoms with Gasteiger partial charge < -0.3 is 14.5 Å². The summed E-state index contributed by atoms with van der Waals surface area (Å²) in [5.41, 5.74) is 1.45. The van der Waals surface area contributed by atoms with Crippen molar-refractivity contribution in [2.75, 3.05) is 26.2 Å². The van der Waals surface area contributed by atoms with Gasteiger partial charge in [0.1, 0.15) is 18.9 Å². The summed E-state index contributed by atoms with van der Waals surface area (Å²) in [4.78, 5) is 31.2. The summed E-state index contributed by atoms with van der Waals surface area (Å²) < 4.78 is 6.03. The zero-order chi connectivity index (χ0) is 24.1. The topological polar surface area (TPSA) is 49.9 Å². The third kappa shape index (κ3) is 5.46.